The van der Waals surface area contributed by atoms with Crippen LogP contribution >= 0.6 is 0 Å². The van der Waals surface area contributed by atoms with E-state index in [-0.39, 0.29) is 6.03 Å². The van der Waals surface area contributed by atoms with E-state index >= 15 is 0 Å². The molecule has 0 unspecified atom stereocenters. The van der Waals surface area contributed by atoms with E-state index in [1.807, 2.05) is 61.7 Å². The Labute approximate surface area is 152 Å². The monoisotopic (exact) mass is 348 g/mol. The number of benzene rings is 2. The average Bonchev–Trinajstić information content (AvgIpc) is 3.12. The first-order chi connectivity index (χ1) is 12.7. The highest BCUT2D eigenvalue weighted by Gasteiger charge is 2.28. The van der Waals surface area contributed by atoms with Crippen molar-refractivity contribution in [3.05, 3.63) is 54.7 Å². The normalized spacial score (nSPS) is 12.3. The maximum Gasteiger partial charge on any atom is 0.323 e. The fourth-order valence-corrected chi connectivity index (χ4v) is 3.27. The summed E-state index contributed by atoms with van der Waals surface area (Å²) in [5, 5.41) is 2.89. The molecule has 0 radical (unpaired) electrons. The van der Waals surface area contributed by atoms with Gasteiger partial charge >= 0.3 is 6.03 Å². The minimum Gasteiger partial charge on any atom is -0.497 e. The second-order valence-corrected chi connectivity index (χ2v) is 6.05. The number of fused-ring (bicyclic) bond motifs is 3. The molecule has 0 atom stereocenters. The van der Waals surface area contributed by atoms with E-state index in [1.54, 1.807) is 12.0 Å². The standard InChI is InChI=1S/C20H20N4O2/c1-3-21-20(25)24-13-23-18(16-6-4-5-7-17(16)24)12-22-19(23)14-8-10-15(26-2)11-9-14/h4-12H,3,13H2,1-2H3,(H,21,25). The molecule has 6 heteroatoms. The van der Waals surface area contributed by atoms with Crippen molar-refractivity contribution in [3.63, 3.8) is 0 Å². The van der Waals surface area contributed by atoms with Crippen LogP contribution in [0.25, 0.3) is 22.6 Å². The highest BCUT2D eigenvalue weighted by atomic mass is 16.5. The van der Waals surface area contributed by atoms with E-state index in [1.165, 1.54) is 0 Å². The molecule has 2 heterocycles. The second kappa shape index (κ2) is 6.55. The molecule has 6 nitrogen and oxygen atoms in total. The first-order valence-corrected chi connectivity index (χ1v) is 8.57. The molecule has 0 bridgehead atoms. The lowest BCUT2D eigenvalue weighted by atomic mass is 10.1. The Morgan fingerprint density at radius 3 is 2.69 bits per heavy atom. The zero-order valence-corrected chi connectivity index (χ0v) is 14.8. The van der Waals surface area contributed by atoms with Crippen molar-refractivity contribution in [3.8, 4) is 28.4 Å². The van der Waals surface area contributed by atoms with Gasteiger partial charge in [0.05, 0.1) is 24.7 Å². The summed E-state index contributed by atoms with van der Waals surface area (Å²) < 4.78 is 7.30. The number of rotatable bonds is 3. The molecule has 0 saturated heterocycles. The summed E-state index contributed by atoms with van der Waals surface area (Å²) >= 11 is 0. The Hall–Kier alpha value is -3.28. The number of aromatic nitrogens is 2. The summed E-state index contributed by atoms with van der Waals surface area (Å²) in [4.78, 5) is 19.0. The maximum atomic E-state index is 12.6. The molecule has 4 rings (SSSR count). The first-order valence-electron chi connectivity index (χ1n) is 8.57. The van der Waals surface area contributed by atoms with Crippen molar-refractivity contribution in [2.24, 2.45) is 0 Å². The van der Waals surface area contributed by atoms with Crippen molar-refractivity contribution in [2.45, 2.75) is 13.6 Å². The van der Waals surface area contributed by atoms with E-state index in [4.69, 9.17) is 4.74 Å². The van der Waals surface area contributed by atoms with Gasteiger partial charge < -0.3 is 14.6 Å². The molecule has 1 aliphatic rings. The van der Waals surface area contributed by atoms with Crippen LogP contribution in [0, 0.1) is 0 Å². The number of para-hydroxylation sites is 1. The molecule has 1 N–H and O–H groups in total. The lowest BCUT2D eigenvalue weighted by Crippen LogP contribution is -2.43. The zero-order chi connectivity index (χ0) is 18.1. The number of hydrogen-bond donors (Lipinski definition) is 1. The number of methoxy groups -OCH3 is 1. The summed E-state index contributed by atoms with van der Waals surface area (Å²) in [5.74, 6) is 1.62. The third kappa shape index (κ3) is 2.60. The van der Waals surface area contributed by atoms with Gasteiger partial charge in [0.2, 0.25) is 0 Å². The van der Waals surface area contributed by atoms with Crippen LogP contribution in [0.3, 0.4) is 0 Å². The van der Waals surface area contributed by atoms with Gasteiger partial charge in [0.15, 0.2) is 0 Å². The topological polar surface area (TPSA) is 59.4 Å². The fraction of sp³-hybridized carbons (Fsp3) is 0.200. The maximum absolute atomic E-state index is 12.6. The molecule has 2 aromatic carbocycles. The molecule has 26 heavy (non-hydrogen) atoms. The average molecular weight is 348 g/mol. The number of urea groups is 1. The summed E-state index contributed by atoms with van der Waals surface area (Å²) in [5.41, 5.74) is 3.88. The van der Waals surface area contributed by atoms with Crippen LogP contribution in [-0.2, 0) is 6.67 Å². The highest BCUT2D eigenvalue weighted by molar-refractivity contribution is 5.97. The van der Waals surface area contributed by atoms with Gasteiger partial charge in [0.1, 0.15) is 18.2 Å². The third-order valence-electron chi connectivity index (χ3n) is 4.53. The van der Waals surface area contributed by atoms with Gasteiger partial charge in [-0.25, -0.2) is 9.78 Å². The minimum absolute atomic E-state index is 0.111. The van der Waals surface area contributed by atoms with Crippen LogP contribution in [-0.4, -0.2) is 29.2 Å². The second-order valence-electron chi connectivity index (χ2n) is 6.05. The number of carbonyl (C=O) groups excluding carboxylic acids is 1. The van der Waals surface area contributed by atoms with Crippen molar-refractivity contribution in [1.82, 2.24) is 14.9 Å². The van der Waals surface area contributed by atoms with Crippen LogP contribution in [0.4, 0.5) is 10.5 Å². The predicted octanol–water partition coefficient (Wildman–Crippen LogP) is 3.73. The predicted molar refractivity (Wildman–Crippen MR) is 101 cm³/mol. The Morgan fingerprint density at radius 2 is 1.96 bits per heavy atom. The molecule has 2 amide bonds. The SMILES string of the molecule is CCNC(=O)N1Cn2c(cnc2-c2ccc(OC)cc2)-c2ccccc21. The minimum atomic E-state index is -0.111. The Balaban J connectivity index is 1.81. The van der Waals surface area contributed by atoms with E-state index in [0.29, 0.717) is 13.2 Å². The number of imidazole rings is 1. The third-order valence-corrected chi connectivity index (χ3v) is 4.53. The van der Waals surface area contributed by atoms with Crippen molar-refractivity contribution < 1.29 is 9.53 Å². The lowest BCUT2D eigenvalue weighted by molar-refractivity contribution is 0.245. The van der Waals surface area contributed by atoms with Crippen molar-refractivity contribution in [2.75, 3.05) is 18.6 Å². The van der Waals surface area contributed by atoms with Crippen molar-refractivity contribution in [1.29, 1.82) is 0 Å². The lowest BCUT2D eigenvalue weighted by Gasteiger charge is -2.31. The van der Waals surface area contributed by atoms with Crippen LogP contribution < -0.4 is 15.0 Å². The van der Waals surface area contributed by atoms with Gasteiger partial charge in [-0.3, -0.25) is 4.90 Å². The van der Waals surface area contributed by atoms with Gasteiger partial charge in [-0.2, -0.15) is 0 Å². The van der Waals surface area contributed by atoms with Gasteiger partial charge in [-0.05, 0) is 37.3 Å². The van der Waals surface area contributed by atoms with E-state index in [2.05, 4.69) is 14.9 Å². The Morgan fingerprint density at radius 1 is 1.19 bits per heavy atom. The molecule has 0 fully saturated rings. The summed E-state index contributed by atoms with van der Waals surface area (Å²) in [6, 6.07) is 15.6. The van der Waals surface area contributed by atoms with E-state index in [9.17, 15) is 4.79 Å². The van der Waals surface area contributed by atoms with Gasteiger partial charge in [-0.1, -0.05) is 18.2 Å². The molecule has 132 valence electrons. The molecule has 0 saturated carbocycles. The molecule has 0 aliphatic carbocycles. The fourth-order valence-electron chi connectivity index (χ4n) is 3.27. The Kier molecular flexibility index (Phi) is 4.08. The molecular formula is C20H20N4O2. The van der Waals surface area contributed by atoms with Crippen LogP contribution in [0.1, 0.15) is 6.92 Å². The Bertz CT molecular complexity index is 947. The number of carbonyl (C=O) groups is 1. The van der Waals surface area contributed by atoms with Gasteiger partial charge in [0.25, 0.3) is 0 Å². The number of nitrogens with zero attached hydrogens (tertiary/aromatic N) is 3. The molecule has 3 aromatic rings. The zero-order valence-electron chi connectivity index (χ0n) is 14.8. The van der Waals surface area contributed by atoms with E-state index in [0.717, 1.165) is 34.1 Å². The van der Waals surface area contributed by atoms with Crippen LogP contribution in [0.15, 0.2) is 54.7 Å². The molecule has 1 aromatic heterocycles. The number of nitrogens with one attached hydrogen (secondary N) is 1. The molecular weight excluding hydrogens is 328 g/mol. The van der Waals surface area contributed by atoms with Crippen LogP contribution in [0.2, 0.25) is 0 Å². The van der Waals surface area contributed by atoms with Crippen molar-refractivity contribution >= 4 is 11.7 Å². The number of amides is 2. The highest BCUT2D eigenvalue weighted by Crippen LogP contribution is 2.38. The summed E-state index contributed by atoms with van der Waals surface area (Å²) in [6.07, 6.45) is 1.87. The van der Waals surface area contributed by atoms with Gasteiger partial charge in [-0.15, -0.1) is 0 Å². The number of anilines is 1. The summed E-state index contributed by atoms with van der Waals surface area (Å²) in [7, 11) is 1.65. The largest absolute Gasteiger partial charge is 0.497 e. The molecule has 0 spiro atoms. The number of hydrogen-bond acceptors (Lipinski definition) is 3. The van der Waals surface area contributed by atoms with Gasteiger partial charge in [0, 0.05) is 17.7 Å². The summed E-state index contributed by atoms with van der Waals surface area (Å²) in [6.45, 7) is 2.92. The smallest absolute Gasteiger partial charge is 0.323 e. The quantitative estimate of drug-likeness (QED) is 0.784. The number of ether oxygens (including phenoxy) is 1. The molecule has 1 aliphatic heterocycles. The van der Waals surface area contributed by atoms with Crippen LogP contribution in [0.5, 0.6) is 5.75 Å². The first kappa shape index (κ1) is 16.2. The van der Waals surface area contributed by atoms with E-state index < -0.39 is 0 Å².